The second-order valence-corrected chi connectivity index (χ2v) is 6.37. The Hall–Kier alpha value is -3.44. The normalized spacial score (nSPS) is 10.7. The van der Waals surface area contributed by atoms with Crippen LogP contribution in [0.4, 0.5) is 11.6 Å². The van der Waals surface area contributed by atoms with E-state index in [1.165, 1.54) is 12.1 Å². The third-order valence-electron chi connectivity index (χ3n) is 4.07. The number of hydrogen-bond donors (Lipinski definition) is 2. The van der Waals surface area contributed by atoms with Crippen LogP contribution in [0.1, 0.15) is 10.4 Å². The summed E-state index contributed by atoms with van der Waals surface area (Å²) in [5, 5.41) is 13.7. The molecule has 4 aromatic rings. The Morgan fingerprint density at radius 1 is 0.926 bits per heavy atom. The molecule has 0 unspecified atom stereocenters. The van der Waals surface area contributed by atoms with E-state index in [0.29, 0.717) is 22.2 Å². The van der Waals surface area contributed by atoms with Gasteiger partial charge in [-0.25, -0.2) is 14.8 Å². The molecule has 1 heterocycles. The number of carboxylic acids is 1. The molecule has 5 nitrogen and oxygen atoms in total. The van der Waals surface area contributed by atoms with Crippen molar-refractivity contribution in [3.8, 4) is 11.3 Å². The summed E-state index contributed by atoms with van der Waals surface area (Å²) >= 11 is 6.14. The van der Waals surface area contributed by atoms with Gasteiger partial charge in [0, 0.05) is 21.7 Å². The number of carboxylic acid groups (broad SMARTS) is 1. The first-order valence-corrected chi connectivity index (χ1v) is 8.61. The highest BCUT2D eigenvalue weighted by Crippen LogP contribution is 2.29. The van der Waals surface area contributed by atoms with E-state index < -0.39 is 5.97 Å². The Morgan fingerprint density at radius 3 is 2.52 bits per heavy atom. The first kappa shape index (κ1) is 17.0. The van der Waals surface area contributed by atoms with E-state index in [-0.39, 0.29) is 5.56 Å². The topological polar surface area (TPSA) is 75.1 Å². The van der Waals surface area contributed by atoms with E-state index in [0.717, 1.165) is 16.6 Å². The minimum Gasteiger partial charge on any atom is -0.478 e. The number of aromatic nitrogens is 2. The van der Waals surface area contributed by atoms with Crippen molar-refractivity contribution in [2.45, 2.75) is 0 Å². The quantitative estimate of drug-likeness (QED) is 0.500. The molecule has 4 rings (SSSR count). The highest BCUT2D eigenvalue weighted by Gasteiger charge is 2.11. The van der Waals surface area contributed by atoms with Gasteiger partial charge in [-0.2, -0.15) is 0 Å². The van der Waals surface area contributed by atoms with Crippen LogP contribution in [0, 0.1) is 0 Å². The summed E-state index contributed by atoms with van der Waals surface area (Å²) in [7, 11) is 0. The van der Waals surface area contributed by atoms with E-state index >= 15 is 0 Å². The van der Waals surface area contributed by atoms with Crippen molar-refractivity contribution < 1.29 is 9.90 Å². The number of carbonyl (C=O) groups is 1. The lowest BCUT2D eigenvalue weighted by Crippen LogP contribution is -2.02. The molecular weight excluding hydrogens is 362 g/mol. The average molecular weight is 376 g/mol. The molecule has 0 bridgehead atoms. The largest absolute Gasteiger partial charge is 0.478 e. The van der Waals surface area contributed by atoms with Crippen LogP contribution in [-0.2, 0) is 0 Å². The molecule has 0 aliphatic rings. The molecule has 0 spiro atoms. The van der Waals surface area contributed by atoms with Crippen molar-refractivity contribution in [2.24, 2.45) is 0 Å². The molecule has 2 N–H and O–H groups in total. The van der Waals surface area contributed by atoms with Crippen LogP contribution in [0.5, 0.6) is 0 Å². The van der Waals surface area contributed by atoms with Crippen molar-refractivity contribution in [3.05, 3.63) is 83.4 Å². The molecule has 0 saturated carbocycles. The standard InChI is InChI=1S/C21H14ClN3O2/c22-15-9-10-17-18(12-15)24-21(25-19(17)13-5-2-1-3-6-13)23-16-8-4-7-14(11-16)20(26)27/h1-12H,(H,26,27)(H,23,24,25). The summed E-state index contributed by atoms with van der Waals surface area (Å²) in [6, 6.07) is 21.8. The van der Waals surface area contributed by atoms with E-state index in [1.54, 1.807) is 18.2 Å². The lowest BCUT2D eigenvalue weighted by atomic mass is 10.1. The van der Waals surface area contributed by atoms with Gasteiger partial charge in [-0.1, -0.05) is 48.0 Å². The molecule has 27 heavy (non-hydrogen) atoms. The van der Waals surface area contributed by atoms with Crippen LogP contribution < -0.4 is 5.32 Å². The Bertz CT molecular complexity index is 1150. The fourth-order valence-electron chi connectivity index (χ4n) is 2.83. The number of rotatable bonds is 4. The number of nitrogens with one attached hydrogen (secondary N) is 1. The van der Waals surface area contributed by atoms with Gasteiger partial charge >= 0.3 is 5.97 Å². The predicted molar refractivity (Wildman–Crippen MR) is 107 cm³/mol. The summed E-state index contributed by atoms with van der Waals surface area (Å²) in [5.41, 5.74) is 3.21. The Kier molecular flexibility index (Phi) is 4.44. The van der Waals surface area contributed by atoms with Crippen LogP contribution in [0.25, 0.3) is 22.2 Å². The Morgan fingerprint density at radius 2 is 1.74 bits per heavy atom. The van der Waals surface area contributed by atoms with Crippen LogP contribution in [-0.4, -0.2) is 21.0 Å². The number of hydrogen-bond acceptors (Lipinski definition) is 4. The molecule has 6 heteroatoms. The summed E-state index contributed by atoms with van der Waals surface area (Å²) in [5.74, 6) is -0.624. The lowest BCUT2D eigenvalue weighted by Gasteiger charge is -2.11. The van der Waals surface area contributed by atoms with Gasteiger partial charge in [-0.15, -0.1) is 0 Å². The van der Waals surface area contributed by atoms with E-state index in [2.05, 4.69) is 15.3 Å². The van der Waals surface area contributed by atoms with Crippen LogP contribution in [0.15, 0.2) is 72.8 Å². The maximum atomic E-state index is 11.2. The first-order valence-electron chi connectivity index (χ1n) is 8.23. The SMILES string of the molecule is O=C(O)c1cccc(Nc2nc(-c3ccccc3)c3ccc(Cl)cc3n2)c1. The highest BCUT2D eigenvalue weighted by atomic mass is 35.5. The minimum absolute atomic E-state index is 0.187. The maximum Gasteiger partial charge on any atom is 0.335 e. The molecule has 0 amide bonds. The third-order valence-corrected chi connectivity index (χ3v) is 4.31. The van der Waals surface area contributed by atoms with Gasteiger partial charge in [0.1, 0.15) is 0 Å². The predicted octanol–water partition coefficient (Wildman–Crippen LogP) is 5.39. The molecule has 0 aliphatic carbocycles. The van der Waals surface area contributed by atoms with E-state index in [4.69, 9.17) is 16.7 Å². The first-order chi connectivity index (χ1) is 13.1. The fraction of sp³-hybridized carbons (Fsp3) is 0. The van der Waals surface area contributed by atoms with Crippen molar-refractivity contribution >= 4 is 40.1 Å². The number of aromatic carboxylic acids is 1. The summed E-state index contributed by atoms with van der Waals surface area (Å²) in [6.07, 6.45) is 0. The average Bonchev–Trinajstić information content (AvgIpc) is 2.68. The number of anilines is 2. The molecule has 0 fully saturated rings. The molecule has 0 radical (unpaired) electrons. The molecule has 132 valence electrons. The van der Waals surface area contributed by atoms with Crippen LogP contribution >= 0.6 is 11.6 Å². The highest BCUT2D eigenvalue weighted by molar-refractivity contribution is 6.31. The van der Waals surface area contributed by atoms with Gasteiger partial charge in [0.05, 0.1) is 16.8 Å². The molecule has 0 atom stereocenters. The third kappa shape index (κ3) is 3.59. The molecule has 3 aromatic carbocycles. The second-order valence-electron chi connectivity index (χ2n) is 5.93. The number of fused-ring (bicyclic) bond motifs is 1. The van der Waals surface area contributed by atoms with Gasteiger partial charge in [0.2, 0.25) is 5.95 Å². The second kappa shape index (κ2) is 7.05. The molecule has 0 aliphatic heterocycles. The van der Waals surface area contributed by atoms with Gasteiger partial charge in [-0.05, 0) is 36.4 Å². The lowest BCUT2D eigenvalue weighted by molar-refractivity contribution is 0.0697. The van der Waals surface area contributed by atoms with Gasteiger partial charge in [-0.3, -0.25) is 0 Å². The van der Waals surface area contributed by atoms with Crippen LogP contribution in [0.2, 0.25) is 5.02 Å². The van der Waals surface area contributed by atoms with Gasteiger partial charge < -0.3 is 10.4 Å². The summed E-state index contributed by atoms with van der Waals surface area (Å²) in [4.78, 5) is 20.4. The molecular formula is C21H14ClN3O2. The van der Waals surface area contributed by atoms with E-state index in [9.17, 15) is 4.79 Å². The van der Waals surface area contributed by atoms with Crippen LogP contribution in [0.3, 0.4) is 0 Å². The monoisotopic (exact) mass is 375 g/mol. The maximum absolute atomic E-state index is 11.2. The number of halogens is 1. The van der Waals surface area contributed by atoms with Crippen molar-refractivity contribution in [3.63, 3.8) is 0 Å². The minimum atomic E-state index is -0.991. The molecule has 0 saturated heterocycles. The summed E-state index contributed by atoms with van der Waals surface area (Å²) in [6.45, 7) is 0. The van der Waals surface area contributed by atoms with E-state index in [1.807, 2.05) is 42.5 Å². The molecule has 1 aromatic heterocycles. The van der Waals surface area contributed by atoms with Gasteiger partial charge in [0.25, 0.3) is 0 Å². The Balaban J connectivity index is 1.84. The zero-order chi connectivity index (χ0) is 18.8. The Labute approximate surface area is 160 Å². The zero-order valence-corrected chi connectivity index (χ0v) is 14.8. The van der Waals surface area contributed by atoms with Gasteiger partial charge in [0.15, 0.2) is 0 Å². The zero-order valence-electron chi connectivity index (χ0n) is 14.1. The smallest absolute Gasteiger partial charge is 0.335 e. The fourth-order valence-corrected chi connectivity index (χ4v) is 3.00. The number of benzene rings is 3. The number of nitrogens with zero attached hydrogens (tertiary/aromatic N) is 2. The van der Waals surface area contributed by atoms with Crippen molar-refractivity contribution in [2.75, 3.05) is 5.32 Å². The summed E-state index contributed by atoms with van der Waals surface area (Å²) < 4.78 is 0. The van der Waals surface area contributed by atoms with Crippen molar-refractivity contribution in [1.29, 1.82) is 0 Å². The van der Waals surface area contributed by atoms with Crippen molar-refractivity contribution in [1.82, 2.24) is 9.97 Å².